The number of carbonyl (C=O) groups excluding carboxylic acids is 1. The molecule has 1 atom stereocenters. The van der Waals surface area contributed by atoms with Gasteiger partial charge in [0.1, 0.15) is 0 Å². The second-order valence-electron chi connectivity index (χ2n) is 3.52. The molecule has 0 radical (unpaired) electrons. The molecule has 16 heavy (non-hydrogen) atoms. The third kappa shape index (κ3) is 2.61. The highest BCUT2D eigenvalue weighted by atomic mass is 35.5. The van der Waals surface area contributed by atoms with Crippen LogP contribution in [-0.4, -0.2) is 17.9 Å². The Labute approximate surface area is 99.3 Å². The van der Waals surface area contributed by atoms with Crippen molar-refractivity contribution in [3.05, 3.63) is 47.3 Å². The summed E-state index contributed by atoms with van der Waals surface area (Å²) >= 11 is 5.99. The van der Waals surface area contributed by atoms with Gasteiger partial charge in [0.2, 0.25) is 0 Å². The van der Waals surface area contributed by atoms with Gasteiger partial charge in [-0.25, -0.2) is 4.39 Å². The monoisotopic (exact) mass is 241 g/mol. The smallest absolute Gasteiger partial charge is 0.282 e. The highest BCUT2D eigenvalue weighted by Crippen LogP contribution is 2.26. The van der Waals surface area contributed by atoms with Gasteiger partial charge in [-0.3, -0.25) is 4.79 Å². The van der Waals surface area contributed by atoms with Crippen molar-refractivity contribution in [2.24, 2.45) is 0 Å². The molecule has 0 bridgehead atoms. The summed E-state index contributed by atoms with van der Waals surface area (Å²) in [6, 6.07) is 6.86. The second kappa shape index (κ2) is 5.12. The van der Waals surface area contributed by atoms with Gasteiger partial charge in [-0.2, -0.15) is 0 Å². The molecule has 0 saturated heterocycles. The fourth-order valence-corrected chi connectivity index (χ4v) is 1.68. The van der Waals surface area contributed by atoms with E-state index in [2.05, 4.69) is 6.58 Å². The Morgan fingerprint density at radius 3 is 2.56 bits per heavy atom. The molecule has 0 aliphatic heterocycles. The van der Waals surface area contributed by atoms with E-state index in [1.165, 1.54) is 11.9 Å². The molecule has 0 aromatic heterocycles. The third-order valence-electron chi connectivity index (χ3n) is 2.49. The Morgan fingerprint density at radius 2 is 2.06 bits per heavy atom. The minimum atomic E-state index is -0.971. The van der Waals surface area contributed by atoms with E-state index in [0.29, 0.717) is 5.02 Å². The van der Waals surface area contributed by atoms with Crippen molar-refractivity contribution in [2.75, 3.05) is 7.05 Å². The molecule has 0 aliphatic rings. The minimum absolute atomic E-state index is 0.298. The number of carbonyl (C=O) groups is 1. The van der Waals surface area contributed by atoms with Crippen LogP contribution in [0.4, 0.5) is 4.39 Å². The molecule has 1 unspecified atom stereocenters. The Bertz CT molecular complexity index is 419. The zero-order valence-electron chi connectivity index (χ0n) is 9.21. The van der Waals surface area contributed by atoms with Crippen molar-refractivity contribution in [3.8, 4) is 0 Å². The molecule has 0 spiro atoms. The second-order valence-corrected chi connectivity index (χ2v) is 3.93. The van der Waals surface area contributed by atoms with E-state index < -0.39 is 11.7 Å². The van der Waals surface area contributed by atoms with Crippen LogP contribution in [-0.2, 0) is 4.79 Å². The SMILES string of the molecule is C=C(F)C(=O)N(C)C(C)c1ccccc1Cl. The number of rotatable bonds is 3. The Morgan fingerprint density at radius 1 is 1.50 bits per heavy atom. The zero-order valence-corrected chi connectivity index (χ0v) is 9.96. The lowest BCUT2D eigenvalue weighted by Gasteiger charge is -2.25. The quantitative estimate of drug-likeness (QED) is 0.744. The summed E-state index contributed by atoms with van der Waals surface area (Å²) in [5, 5.41) is 0.555. The summed E-state index contributed by atoms with van der Waals surface area (Å²) < 4.78 is 12.7. The Kier molecular flexibility index (Phi) is 4.07. The lowest BCUT2D eigenvalue weighted by molar-refractivity contribution is -0.129. The van der Waals surface area contributed by atoms with E-state index in [-0.39, 0.29) is 6.04 Å². The summed E-state index contributed by atoms with van der Waals surface area (Å²) in [6.07, 6.45) is 0. The molecule has 0 N–H and O–H groups in total. The fraction of sp³-hybridized carbons (Fsp3) is 0.250. The number of likely N-dealkylation sites (N-methyl/N-ethyl adjacent to an activating group) is 1. The van der Waals surface area contributed by atoms with Gasteiger partial charge in [0.05, 0.1) is 6.04 Å². The summed E-state index contributed by atoms with van der Waals surface area (Å²) in [5.74, 6) is -1.70. The van der Waals surface area contributed by atoms with Crippen LogP contribution in [0.2, 0.25) is 5.02 Å². The topological polar surface area (TPSA) is 20.3 Å². The van der Waals surface area contributed by atoms with Gasteiger partial charge in [0.15, 0.2) is 5.83 Å². The molecule has 1 rings (SSSR count). The normalized spacial score (nSPS) is 12.0. The van der Waals surface area contributed by atoms with Crippen molar-refractivity contribution in [1.82, 2.24) is 4.90 Å². The number of hydrogen-bond donors (Lipinski definition) is 0. The molecule has 4 heteroatoms. The average Bonchev–Trinajstić information content (AvgIpc) is 2.26. The standard InChI is InChI=1S/C12H13ClFNO/c1-8(14)12(16)15(3)9(2)10-6-4-5-7-11(10)13/h4-7,9H,1H2,2-3H3. The first kappa shape index (κ1) is 12.7. The maximum Gasteiger partial charge on any atom is 0.282 e. The predicted molar refractivity (Wildman–Crippen MR) is 62.9 cm³/mol. The molecular formula is C12H13ClFNO. The van der Waals surface area contributed by atoms with E-state index in [0.717, 1.165) is 5.56 Å². The fourth-order valence-electron chi connectivity index (χ4n) is 1.39. The van der Waals surface area contributed by atoms with Gasteiger partial charge >= 0.3 is 0 Å². The molecule has 1 aromatic carbocycles. The number of nitrogens with zero attached hydrogens (tertiary/aromatic N) is 1. The molecular weight excluding hydrogens is 229 g/mol. The van der Waals surface area contributed by atoms with Gasteiger partial charge in [-0.1, -0.05) is 36.4 Å². The molecule has 0 aliphatic carbocycles. The molecule has 0 saturated carbocycles. The molecule has 1 amide bonds. The lowest BCUT2D eigenvalue weighted by Crippen LogP contribution is -2.29. The molecule has 86 valence electrons. The van der Waals surface area contributed by atoms with Crippen molar-refractivity contribution in [2.45, 2.75) is 13.0 Å². The van der Waals surface area contributed by atoms with Crippen LogP contribution in [0.1, 0.15) is 18.5 Å². The largest absolute Gasteiger partial charge is 0.333 e. The number of halogens is 2. The molecule has 0 fully saturated rings. The van der Waals surface area contributed by atoms with Crippen LogP contribution in [0.3, 0.4) is 0 Å². The average molecular weight is 242 g/mol. The van der Waals surface area contributed by atoms with Gasteiger partial charge < -0.3 is 4.90 Å². The first-order chi connectivity index (χ1) is 7.45. The van der Waals surface area contributed by atoms with Crippen LogP contribution in [0, 0.1) is 0 Å². The predicted octanol–water partition coefficient (Wildman–Crippen LogP) is 3.34. The van der Waals surface area contributed by atoms with E-state index in [1.54, 1.807) is 25.1 Å². The van der Waals surface area contributed by atoms with Gasteiger partial charge in [-0.05, 0) is 18.6 Å². The number of hydrogen-bond acceptors (Lipinski definition) is 1. The summed E-state index contributed by atoms with van der Waals surface area (Å²) in [5.41, 5.74) is 0.779. The van der Waals surface area contributed by atoms with Crippen LogP contribution in [0.15, 0.2) is 36.7 Å². The van der Waals surface area contributed by atoms with Crippen LogP contribution in [0.5, 0.6) is 0 Å². The molecule has 1 aromatic rings. The third-order valence-corrected chi connectivity index (χ3v) is 2.83. The van der Waals surface area contributed by atoms with E-state index in [4.69, 9.17) is 11.6 Å². The van der Waals surface area contributed by atoms with Gasteiger partial charge in [0, 0.05) is 12.1 Å². The highest BCUT2D eigenvalue weighted by Gasteiger charge is 2.20. The number of amides is 1. The minimum Gasteiger partial charge on any atom is -0.333 e. The van der Waals surface area contributed by atoms with Gasteiger partial charge in [-0.15, -0.1) is 0 Å². The van der Waals surface area contributed by atoms with Crippen molar-refractivity contribution < 1.29 is 9.18 Å². The van der Waals surface area contributed by atoms with E-state index >= 15 is 0 Å². The van der Waals surface area contributed by atoms with Crippen molar-refractivity contribution in [3.63, 3.8) is 0 Å². The number of benzene rings is 1. The first-order valence-corrected chi connectivity index (χ1v) is 5.19. The van der Waals surface area contributed by atoms with Crippen LogP contribution >= 0.6 is 11.6 Å². The Hall–Kier alpha value is -1.35. The lowest BCUT2D eigenvalue weighted by atomic mass is 10.1. The maximum atomic E-state index is 12.7. The van der Waals surface area contributed by atoms with Crippen LogP contribution < -0.4 is 0 Å². The van der Waals surface area contributed by atoms with E-state index in [1.807, 2.05) is 6.07 Å². The van der Waals surface area contributed by atoms with Gasteiger partial charge in [0.25, 0.3) is 5.91 Å². The zero-order chi connectivity index (χ0) is 12.3. The first-order valence-electron chi connectivity index (χ1n) is 4.81. The van der Waals surface area contributed by atoms with Crippen LogP contribution in [0.25, 0.3) is 0 Å². The summed E-state index contributed by atoms with van der Waals surface area (Å²) in [6.45, 7) is 4.76. The van der Waals surface area contributed by atoms with E-state index in [9.17, 15) is 9.18 Å². The summed E-state index contributed by atoms with van der Waals surface area (Å²) in [7, 11) is 1.51. The molecule has 0 heterocycles. The maximum absolute atomic E-state index is 12.7. The highest BCUT2D eigenvalue weighted by molar-refractivity contribution is 6.31. The Balaban J connectivity index is 2.94. The molecule has 2 nitrogen and oxygen atoms in total. The van der Waals surface area contributed by atoms with Crippen molar-refractivity contribution in [1.29, 1.82) is 0 Å². The van der Waals surface area contributed by atoms with Crippen molar-refractivity contribution >= 4 is 17.5 Å². The summed E-state index contributed by atoms with van der Waals surface area (Å²) in [4.78, 5) is 12.6.